The van der Waals surface area contributed by atoms with E-state index in [2.05, 4.69) is 15.5 Å². The van der Waals surface area contributed by atoms with Crippen molar-refractivity contribution >= 4 is 35.0 Å². The van der Waals surface area contributed by atoms with Crippen LogP contribution in [0.3, 0.4) is 0 Å². The molecule has 0 bridgehead atoms. The van der Waals surface area contributed by atoms with Crippen molar-refractivity contribution in [2.24, 2.45) is 7.05 Å². The quantitative estimate of drug-likeness (QED) is 0.533. The molecule has 4 rings (SSSR count). The summed E-state index contributed by atoms with van der Waals surface area (Å²) >= 11 is 1.30. The van der Waals surface area contributed by atoms with Crippen LogP contribution in [0.15, 0.2) is 53.7 Å². The minimum atomic E-state index is -0.255. The van der Waals surface area contributed by atoms with Gasteiger partial charge in [-0.1, -0.05) is 23.9 Å². The van der Waals surface area contributed by atoms with Crippen LogP contribution in [-0.4, -0.2) is 45.5 Å². The van der Waals surface area contributed by atoms with E-state index in [1.165, 1.54) is 11.8 Å². The first-order valence-electron chi connectivity index (χ1n) is 10.4. The Morgan fingerprint density at radius 3 is 2.64 bits per heavy atom. The molecule has 10 heteroatoms. The van der Waals surface area contributed by atoms with Crippen LogP contribution in [-0.2, 0) is 23.2 Å². The van der Waals surface area contributed by atoms with Crippen molar-refractivity contribution in [1.82, 2.24) is 14.8 Å². The van der Waals surface area contributed by atoms with E-state index in [-0.39, 0.29) is 36.6 Å². The molecule has 0 spiro atoms. The Bertz CT molecular complexity index is 1150. The molecule has 2 heterocycles. The number of methoxy groups -OCH3 is 1. The molecular weight excluding hydrogens is 442 g/mol. The Hall–Kier alpha value is -3.53. The molecule has 0 fully saturated rings. The molecule has 3 aromatic rings. The third kappa shape index (κ3) is 5.11. The SMILES string of the molecule is COc1ccc(OCc2nnc(SCC(=O)N3c4ccccc4NC(=O)CC3C)n2C)cc1. The third-order valence-corrected chi connectivity index (χ3v) is 6.31. The van der Waals surface area contributed by atoms with Gasteiger partial charge in [0.25, 0.3) is 0 Å². The second kappa shape index (κ2) is 9.95. The van der Waals surface area contributed by atoms with Gasteiger partial charge in [-0.15, -0.1) is 10.2 Å². The number of nitrogens with zero attached hydrogens (tertiary/aromatic N) is 4. The average Bonchev–Trinajstić information content (AvgIpc) is 3.10. The molecule has 0 aliphatic carbocycles. The number of aromatic nitrogens is 3. The van der Waals surface area contributed by atoms with Gasteiger partial charge in [0.2, 0.25) is 11.8 Å². The van der Waals surface area contributed by atoms with Crippen LogP contribution in [0, 0.1) is 0 Å². The summed E-state index contributed by atoms with van der Waals surface area (Å²) < 4.78 is 12.7. The molecule has 1 N–H and O–H groups in total. The number of carbonyl (C=O) groups excluding carboxylic acids is 2. The lowest BCUT2D eigenvalue weighted by atomic mass is 10.2. The van der Waals surface area contributed by atoms with Gasteiger partial charge in [-0.05, 0) is 43.3 Å². The van der Waals surface area contributed by atoms with Gasteiger partial charge in [0.1, 0.15) is 18.1 Å². The zero-order valence-corrected chi connectivity index (χ0v) is 19.5. The van der Waals surface area contributed by atoms with Crippen molar-refractivity contribution in [3.8, 4) is 11.5 Å². The van der Waals surface area contributed by atoms with Gasteiger partial charge in [0, 0.05) is 19.5 Å². The van der Waals surface area contributed by atoms with E-state index in [0.29, 0.717) is 28.1 Å². The normalized spacial score (nSPS) is 15.4. The van der Waals surface area contributed by atoms with Gasteiger partial charge in [-0.25, -0.2) is 0 Å². The van der Waals surface area contributed by atoms with Crippen molar-refractivity contribution in [2.45, 2.75) is 31.1 Å². The molecule has 1 unspecified atom stereocenters. The number of anilines is 2. The van der Waals surface area contributed by atoms with E-state index in [1.54, 1.807) is 18.1 Å². The number of hydrogen-bond acceptors (Lipinski definition) is 7. The molecule has 1 aromatic heterocycles. The van der Waals surface area contributed by atoms with Crippen molar-refractivity contribution in [3.05, 3.63) is 54.4 Å². The minimum Gasteiger partial charge on any atom is -0.497 e. The lowest BCUT2D eigenvalue weighted by molar-refractivity contribution is -0.117. The van der Waals surface area contributed by atoms with Gasteiger partial charge in [-0.3, -0.25) is 9.59 Å². The van der Waals surface area contributed by atoms with E-state index in [4.69, 9.17) is 9.47 Å². The third-order valence-electron chi connectivity index (χ3n) is 5.31. The molecular formula is C23H25N5O4S. The first kappa shape index (κ1) is 22.7. The predicted octanol–water partition coefficient (Wildman–Crippen LogP) is 3.26. The average molecular weight is 468 g/mol. The summed E-state index contributed by atoms with van der Waals surface area (Å²) in [5.41, 5.74) is 1.34. The van der Waals surface area contributed by atoms with Crippen LogP contribution >= 0.6 is 11.8 Å². The van der Waals surface area contributed by atoms with Gasteiger partial charge in [-0.2, -0.15) is 0 Å². The second-order valence-electron chi connectivity index (χ2n) is 7.59. The van der Waals surface area contributed by atoms with Gasteiger partial charge in [0.05, 0.1) is 24.2 Å². The number of carbonyl (C=O) groups is 2. The maximum Gasteiger partial charge on any atom is 0.237 e. The molecule has 1 atom stereocenters. The number of ether oxygens (including phenoxy) is 2. The van der Waals surface area contributed by atoms with Gasteiger partial charge in [0.15, 0.2) is 11.0 Å². The Labute approximate surface area is 196 Å². The molecule has 1 aliphatic rings. The van der Waals surface area contributed by atoms with Crippen LogP contribution in [0.4, 0.5) is 11.4 Å². The number of thioether (sulfide) groups is 1. The molecule has 0 saturated carbocycles. The van der Waals surface area contributed by atoms with Gasteiger partial charge < -0.3 is 24.3 Å². The number of para-hydroxylation sites is 2. The first-order valence-corrected chi connectivity index (χ1v) is 11.4. The molecule has 2 aromatic carbocycles. The molecule has 1 aliphatic heterocycles. The number of benzene rings is 2. The molecule has 0 radical (unpaired) electrons. The maximum atomic E-state index is 13.2. The fraction of sp³-hybridized carbons (Fsp3) is 0.304. The molecule has 9 nitrogen and oxygen atoms in total. The van der Waals surface area contributed by atoms with Crippen LogP contribution in [0.2, 0.25) is 0 Å². The summed E-state index contributed by atoms with van der Waals surface area (Å²) in [6.07, 6.45) is 0.238. The molecule has 0 saturated heterocycles. The van der Waals surface area contributed by atoms with Crippen molar-refractivity contribution in [2.75, 3.05) is 23.1 Å². The van der Waals surface area contributed by atoms with Crippen molar-refractivity contribution in [3.63, 3.8) is 0 Å². The lowest BCUT2D eigenvalue weighted by Gasteiger charge is -2.27. The summed E-state index contributed by atoms with van der Waals surface area (Å²) in [5.74, 6) is 2.05. The molecule has 2 amide bonds. The fourth-order valence-electron chi connectivity index (χ4n) is 3.58. The zero-order valence-electron chi connectivity index (χ0n) is 18.6. The fourth-order valence-corrected chi connectivity index (χ4v) is 4.37. The lowest BCUT2D eigenvalue weighted by Crippen LogP contribution is -2.40. The summed E-state index contributed by atoms with van der Waals surface area (Å²) in [6, 6.07) is 14.4. The number of fused-ring (bicyclic) bond motifs is 1. The summed E-state index contributed by atoms with van der Waals surface area (Å²) in [7, 11) is 3.45. The smallest absolute Gasteiger partial charge is 0.237 e. The van der Waals surface area contributed by atoms with E-state index in [0.717, 1.165) is 5.75 Å². The number of nitrogens with one attached hydrogen (secondary N) is 1. The van der Waals surface area contributed by atoms with Crippen molar-refractivity contribution in [1.29, 1.82) is 0 Å². The van der Waals surface area contributed by atoms with Gasteiger partial charge >= 0.3 is 0 Å². The van der Waals surface area contributed by atoms with E-state index in [9.17, 15) is 9.59 Å². The van der Waals surface area contributed by atoms with Crippen LogP contribution in [0.5, 0.6) is 11.5 Å². The standard InChI is InChI=1S/C23H25N5O4S/c1-15-12-21(29)24-18-6-4-5-7-19(18)28(15)22(30)14-33-23-26-25-20(27(23)2)13-32-17-10-8-16(31-3)9-11-17/h4-11,15H,12-14H2,1-3H3,(H,24,29). The van der Waals surface area contributed by atoms with E-state index >= 15 is 0 Å². The summed E-state index contributed by atoms with van der Waals surface area (Å²) in [5, 5.41) is 11.9. The van der Waals surface area contributed by atoms with Crippen LogP contribution < -0.4 is 19.7 Å². The van der Waals surface area contributed by atoms with E-state index < -0.39 is 0 Å². The molecule has 33 heavy (non-hydrogen) atoms. The Kier molecular flexibility index (Phi) is 6.83. The highest BCUT2D eigenvalue weighted by molar-refractivity contribution is 7.99. The Morgan fingerprint density at radius 1 is 1.15 bits per heavy atom. The highest BCUT2D eigenvalue weighted by Gasteiger charge is 2.29. The second-order valence-corrected chi connectivity index (χ2v) is 8.54. The van der Waals surface area contributed by atoms with E-state index in [1.807, 2.05) is 61.0 Å². The Morgan fingerprint density at radius 2 is 1.88 bits per heavy atom. The summed E-state index contributed by atoms with van der Waals surface area (Å²) in [4.78, 5) is 27.0. The first-order chi connectivity index (χ1) is 16.0. The highest BCUT2D eigenvalue weighted by atomic mass is 32.2. The predicted molar refractivity (Wildman–Crippen MR) is 126 cm³/mol. The number of amides is 2. The maximum absolute atomic E-state index is 13.2. The number of rotatable bonds is 7. The van der Waals surface area contributed by atoms with Crippen LogP contribution in [0.1, 0.15) is 19.2 Å². The molecule has 172 valence electrons. The monoisotopic (exact) mass is 467 g/mol. The summed E-state index contributed by atoms with van der Waals surface area (Å²) in [6.45, 7) is 2.12. The van der Waals surface area contributed by atoms with Crippen LogP contribution in [0.25, 0.3) is 0 Å². The zero-order chi connectivity index (χ0) is 23.4. The number of hydrogen-bond donors (Lipinski definition) is 1. The minimum absolute atomic E-state index is 0.101. The van der Waals surface area contributed by atoms with Crippen molar-refractivity contribution < 1.29 is 19.1 Å². The Balaban J connectivity index is 1.40. The topological polar surface area (TPSA) is 98.6 Å². The highest BCUT2D eigenvalue weighted by Crippen LogP contribution is 2.32. The largest absolute Gasteiger partial charge is 0.497 e.